The third kappa shape index (κ3) is 4.57. The van der Waals surface area contributed by atoms with E-state index in [0.29, 0.717) is 36.1 Å². The molecule has 1 aliphatic rings. The third-order valence-electron chi connectivity index (χ3n) is 5.45. The highest BCUT2D eigenvalue weighted by atomic mass is 35.5. The number of nitrogen functional groups attached to an aromatic ring is 1. The zero-order valence-corrected chi connectivity index (χ0v) is 18.7. The number of fused-ring (bicyclic) bond motifs is 1. The molecule has 1 aliphatic heterocycles. The van der Waals surface area contributed by atoms with Gasteiger partial charge in [-0.05, 0) is 42.3 Å². The SMILES string of the molecule is CCC1C(=O)N(Cc2ccc3c(N)ccnc3c2)CCN1C(=O)/C=C/c1ccc(Cl)s1. The van der Waals surface area contributed by atoms with Crippen LogP contribution in [0.5, 0.6) is 0 Å². The normalized spacial score (nSPS) is 17.1. The van der Waals surface area contributed by atoms with E-state index in [2.05, 4.69) is 4.98 Å². The van der Waals surface area contributed by atoms with Crippen molar-refractivity contribution in [1.82, 2.24) is 14.8 Å². The fourth-order valence-electron chi connectivity index (χ4n) is 3.86. The van der Waals surface area contributed by atoms with Gasteiger partial charge in [0.05, 0.1) is 9.85 Å². The number of nitrogens with two attached hydrogens (primary N) is 1. The van der Waals surface area contributed by atoms with E-state index < -0.39 is 6.04 Å². The first kappa shape index (κ1) is 21.3. The van der Waals surface area contributed by atoms with Gasteiger partial charge in [-0.25, -0.2) is 0 Å². The Morgan fingerprint density at radius 3 is 2.87 bits per heavy atom. The monoisotopic (exact) mass is 454 g/mol. The molecule has 1 unspecified atom stereocenters. The minimum Gasteiger partial charge on any atom is -0.398 e. The Kier molecular flexibility index (Phi) is 6.25. The average Bonchev–Trinajstić information content (AvgIpc) is 3.18. The van der Waals surface area contributed by atoms with Crippen molar-refractivity contribution in [2.75, 3.05) is 18.8 Å². The Hall–Kier alpha value is -2.90. The second kappa shape index (κ2) is 9.08. The molecule has 2 aromatic heterocycles. The van der Waals surface area contributed by atoms with E-state index in [9.17, 15) is 9.59 Å². The van der Waals surface area contributed by atoms with Crippen LogP contribution in [0.4, 0.5) is 5.69 Å². The lowest BCUT2D eigenvalue weighted by molar-refractivity contribution is -0.149. The maximum Gasteiger partial charge on any atom is 0.247 e. The molecule has 0 aliphatic carbocycles. The standard InChI is InChI=1S/C23H23ClN4O2S/c1-2-20-23(30)27(14-15-3-6-17-18(25)9-10-26-19(17)13-15)11-12-28(20)22(29)8-5-16-4-7-21(24)31-16/h3-10,13,20H,2,11-12,14H2,1H3,(H2,25,26)/b8-5+. The highest BCUT2D eigenvalue weighted by molar-refractivity contribution is 7.17. The molecule has 6 nitrogen and oxygen atoms in total. The van der Waals surface area contributed by atoms with Gasteiger partial charge in [-0.3, -0.25) is 14.6 Å². The number of amides is 2. The number of carbonyl (C=O) groups is 2. The van der Waals surface area contributed by atoms with Crippen molar-refractivity contribution in [2.45, 2.75) is 25.9 Å². The minimum atomic E-state index is -0.466. The van der Waals surface area contributed by atoms with Gasteiger partial charge in [-0.2, -0.15) is 0 Å². The summed E-state index contributed by atoms with van der Waals surface area (Å²) in [7, 11) is 0. The van der Waals surface area contributed by atoms with E-state index in [1.165, 1.54) is 17.4 Å². The van der Waals surface area contributed by atoms with Crippen LogP contribution in [0.1, 0.15) is 23.8 Å². The van der Waals surface area contributed by atoms with E-state index in [1.807, 2.05) is 36.1 Å². The molecule has 160 valence electrons. The summed E-state index contributed by atoms with van der Waals surface area (Å²) in [6.07, 6.45) is 5.51. The summed E-state index contributed by atoms with van der Waals surface area (Å²) >= 11 is 7.35. The Bertz CT molecular complexity index is 1160. The predicted octanol–water partition coefficient (Wildman–Crippen LogP) is 4.19. The summed E-state index contributed by atoms with van der Waals surface area (Å²) in [6, 6.07) is 10.8. The zero-order chi connectivity index (χ0) is 22.0. The first-order valence-corrected chi connectivity index (χ1v) is 11.3. The molecule has 3 heterocycles. The van der Waals surface area contributed by atoms with Crippen molar-refractivity contribution < 1.29 is 9.59 Å². The van der Waals surface area contributed by atoms with E-state index in [-0.39, 0.29) is 11.8 Å². The number of anilines is 1. The molecule has 3 aromatic rings. The van der Waals surface area contributed by atoms with Gasteiger partial charge in [0.15, 0.2) is 0 Å². The summed E-state index contributed by atoms with van der Waals surface area (Å²) < 4.78 is 0.675. The molecule has 1 saturated heterocycles. The molecule has 1 atom stereocenters. The van der Waals surface area contributed by atoms with Crippen LogP contribution in [-0.2, 0) is 16.1 Å². The Morgan fingerprint density at radius 2 is 2.13 bits per heavy atom. The number of hydrogen-bond acceptors (Lipinski definition) is 5. The lowest BCUT2D eigenvalue weighted by atomic mass is 10.1. The number of carbonyl (C=O) groups excluding carboxylic acids is 2. The number of aromatic nitrogens is 1. The Balaban J connectivity index is 1.46. The molecule has 0 bridgehead atoms. The van der Waals surface area contributed by atoms with Gasteiger partial charge < -0.3 is 15.5 Å². The number of hydrogen-bond donors (Lipinski definition) is 1. The van der Waals surface area contributed by atoms with Gasteiger partial charge in [0, 0.05) is 47.9 Å². The molecule has 0 saturated carbocycles. The molecular formula is C23H23ClN4O2S. The Morgan fingerprint density at radius 1 is 1.29 bits per heavy atom. The third-order valence-corrected chi connectivity index (χ3v) is 6.65. The van der Waals surface area contributed by atoms with Crippen LogP contribution in [0, 0.1) is 0 Å². The first-order chi connectivity index (χ1) is 15.0. The maximum absolute atomic E-state index is 13.1. The number of nitrogens with zero attached hydrogens (tertiary/aromatic N) is 3. The van der Waals surface area contributed by atoms with Crippen LogP contribution in [0.15, 0.2) is 48.7 Å². The molecule has 0 spiro atoms. The van der Waals surface area contributed by atoms with Crippen molar-refractivity contribution in [1.29, 1.82) is 0 Å². The molecule has 1 aromatic carbocycles. The molecule has 1 fully saturated rings. The first-order valence-electron chi connectivity index (χ1n) is 10.1. The van der Waals surface area contributed by atoms with Crippen molar-refractivity contribution >= 4 is 57.4 Å². The van der Waals surface area contributed by atoms with Gasteiger partial charge in [-0.1, -0.05) is 30.7 Å². The number of halogens is 1. The van der Waals surface area contributed by atoms with Crippen molar-refractivity contribution in [3.05, 3.63) is 63.4 Å². The van der Waals surface area contributed by atoms with E-state index in [0.717, 1.165) is 21.3 Å². The second-order valence-electron chi connectivity index (χ2n) is 7.44. The Labute approximate surface area is 189 Å². The molecule has 2 amide bonds. The van der Waals surface area contributed by atoms with Gasteiger partial charge in [-0.15, -0.1) is 11.3 Å². The summed E-state index contributed by atoms with van der Waals surface area (Å²) in [6.45, 7) is 3.39. The van der Waals surface area contributed by atoms with E-state index in [1.54, 1.807) is 29.3 Å². The average molecular weight is 455 g/mol. The van der Waals surface area contributed by atoms with Crippen molar-refractivity contribution in [3.63, 3.8) is 0 Å². The predicted molar refractivity (Wildman–Crippen MR) is 126 cm³/mol. The number of piperazine rings is 1. The molecule has 8 heteroatoms. The lowest BCUT2D eigenvalue weighted by Gasteiger charge is -2.40. The van der Waals surface area contributed by atoms with Crippen LogP contribution in [0.25, 0.3) is 17.0 Å². The molecular weight excluding hydrogens is 432 g/mol. The van der Waals surface area contributed by atoms with Crippen LogP contribution >= 0.6 is 22.9 Å². The second-order valence-corrected chi connectivity index (χ2v) is 9.19. The van der Waals surface area contributed by atoms with Crippen molar-refractivity contribution in [2.24, 2.45) is 0 Å². The largest absolute Gasteiger partial charge is 0.398 e. The van der Waals surface area contributed by atoms with Gasteiger partial charge in [0.25, 0.3) is 0 Å². The maximum atomic E-state index is 13.1. The minimum absolute atomic E-state index is 0.0321. The van der Waals surface area contributed by atoms with Crippen LogP contribution < -0.4 is 5.73 Å². The van der Waals surface area contributed by atoms with Crippen LogP contribution in [-0.4, -0.2) is 45.7 Å². The van der Waals surface area contributed by atoms with Crippen LogP contribution in [0.2, 0.25) is 4.34 Å². The molecule has 0 radical (unpaired) electrons. The summed E-state index contributed by atoms with van der Waals surface area (Å²) in [5, 5.41) is 0.901. The molecule has 31 heavy (non-hydrogen) atoms. The summed E-state index contributed by atoms with van der Waals surface area (Å²) in [5.41, 5.74) is 8.48. The smallest absolute Gasteiger partial charge is 0.247 e. The van der Waals surface area contributed by atoms with E-state index >= 15 is 0 Å². The summed E-state index contributed by atoms with van der Waals surface area (Å²) in [4.78, 5) is 34.6. The summed E-state index contributed by atoms with van der Waals surface area (Å²) in [5.74, 6) is -0.190. The van der Waals surface area contributed by atoms with Crippen molar-refractivity contribution in [3.8, 4) is 0 Å². The molecule has 2 N–H and O–H groups in total. The van der Waals surface area contributed by atoms with Gasteiger partial charge in [0.2, 0.25) is 11.8 Å². The quantitative estimate of drug-likeness (QED) is 0.586. The van der Waals surface area contributed by atoms with Gasteiger partial charge >= 0.3 is 0 Å². The number of benzene rings is 1. The topological polar surface area (TPSA) is 79.5 Å². The van der Waals surface area contributed by atoms with Crippen LogP contribution in [0.3, 0.4) is 0 Å². The fourth-order valence-corrected chi connectivity index (χ4v) is 4.82. The number of thiophene rings is 1. The zero-order valence-electron chi connectivity index (χ0n) is 17.1. The van der Waals surface area contributed by atoms with E-state index in [4.69, 9.17) is 17.3 Å². The molecule has 4 rings (SSSR count). The number of pyridine rings is 1. The number of rotatable bonds is 5. The highest BCUT2D eigenvalue weighted by Crippen LogP contribution is 2.24. The lowest BCUT2D eigenvalue weighted by Crippen LogP contribution is -2.57. The fraction of sp³-hybridized carbons (Fsp3) is 0.261. The van der Waals surface area contributed by atoms with Gasteiger partial charge in [0.1, 0.15) is 6.04 Å². The highest BCUT2D eigenvalue weighted by Gasteiger charge is 2.35.